The van der Waals surface area contributed by atoms with Gasteiger partial charge >= 0.3 is 5.97 Å². The largest absolute Gasteiger partial charge is 0.479 e. The zero-order chi connectivity index (χ0) is 24.0. The molecule has 7 nitrogen and oxygen atoms in total. The fourth-order valence-corrected chi connectivity index (χ4v) is 3.76. The van der Waals surface area contributed by atoms with Gasteiger partial charge in [-0.1, -0.05) is 12.1 Å². The molecule has 0 radical (unpaired) electrons. The Morgan fingerprint density at radius 1 is 1.09 bits per heavy atom. The minimum absolute atomic E-state index is 0.00901. The van der Waals surface area contributed by atoms with E-state index in [4.69, 9.17) is 9.47 Å². The van der Waals surface area contributed by atoms with Gasteiger partial charge in [-0.2, -0.15) is 0 Å². The molecule has 172 valence electrons. The van der Waals surface area contributed by atoms with Gasteiger partial charge in [-0.15, -0.1) is 11.3 Å². The quantitative estimate of drug-likeness (QED) is 0.364. The number of aryl methyl sites for hydroxylation is 2. The number of rotatable bonds is 9. The van der Waals surface area contributed by atoms with Gasteiger partial charge < -0.3 is 14.8 Å². The van der Waals surface area contributed by atoms with E-state index in [0.717, 1.165) is 16.8 Å². The van der Waals surface area contributed by atoms with Gasteiger partial charge in [0, 0.05) is 16.6 Å². The average Bonchev–Trinajstić information content (AvgIpc) is 3.22. The van der Waals surface area contributed by atoms with Crippen molar-refractivity contribution >= 4 is 34.7 Å². The molecule has 1 amide bonds. The molecule has 0 unspecified atom stereocenters. The number of hydrogen-bond acceptors (Lipinski definition) is 7. The van der Waals surface area contributed by atoms with Gasteiger partial charge in [0.05, 0.1) is 12.1 Å². The van der Waals surface area contributed by atoms with Crippen LogP contribution in [-0.4, -0.2) is 28.7 Å². The highest BCUT2D eigenvalue weighted by Crippen LogP contribution is 2.18. The van der Waals surface area contributed by atoms with Crippen molar-refractivity contribution in [2.24, 2.45) is 0 Å². The Labute approximate surface area is 196 Å². The Morgan fingerprint density at radius 3 is 2.52 bits per heavy atom. The zero-order valence-electron chi connectivity index (χ0n) is 19.0. The van der Waals surface area contributed by atoms with Crippen LogP contribution < -0.4 is 10.1 Å². The lowest BCUT2D eigenvalue weighted by atomic mass is 10.1. The molecule has 1 atom stereocenters. The highest BCUT2D eigenvalue weighted by atomic mass is 32.1. The Morgan fingerprint density at radius 2 is 1.82 bits per heavy atom. The lowest BCUT2D eigenvalue weighted by Crippen LogP contribution is -2.26. The Kier molecular flexibility index (Phi) is 7.95. The first-order valence-electron chi connectivity index (χ1n) is 10.5. The summed E-state index contributed by atoms with van der Waals surface area (Å²) < 4.78 is 10.9. The molecule has 0 aliphatic rings. The average molecular weight is 467 g/mol. The summed E-state index contributed by atoms with van der Waals surface area (Å²) >= 11 is 1.34. The van der Waals surface area contributed by atoms with Gasteiger partial charge in [0.15, 0.2) is 11.9 Å². The van der Waals surface area contributed by atoms with Crippen LogP contribution in [0.15, 0.2) is 47.8 Å². The molecule has 2 aromatic carbocycles. The monoisotopic (exact) mass is 466 g/mol. The highest BCUT2D eigenvalue weighted by Gasteiger charge is 2.18. The van der Waals surface area contributed by atoms with Crippen LogP contribution >= 0.6 is 11.3 Å². The number of nitrogens with zero attached hydrogens (tertiary/aromatic N) is 1. The molecule has 0 aliphatic carbocycles. The van der Waals surface area contributed by atoms with E-state index in [1.54, 1.807) is 36.6 Å². The molecule has 8 heteroatoms. The molecule has 1 heterocycles. The molecular weight excluding hydrogens is 440 g/mol. The highest BCUT2D eigenvalue weighted by molar-refractivity contribution is 7.09. The fourth-order valence-electron chi connectivity index (χ4n) is 2.98. The zero-order valence-corrected chi connectivity index (χ0v) is 19.8. The third-order valence-corrected chi connectivity index (χ3v) is 5.74. The van der Waals surface area contributed by atoms with Gasteiger partial charge in [0.2, 0.25) is 5.91 Å². The molecule has 33 heavy (non-hydrogen) atoms. The number of anilines is 1. The third-order valence-electron chi connectivity index (χ3n) is 4.85. The Balaban J connectivity index is 1.47. The SMILES string of the molecule is CC(=O)c1ccc(O[C@@H](C)C(=O)OCc2csc(CC(=O)Nc3cc(C)ccc3C)n2)cc1. The van der Waals surface area contributed by atoms with Crippen LogP contribution in [0.3, 0.4) is 0 Å². The van der Waals surface area contributed by atoms with Crippen LogP contribution in [0.2, 0.25) is 0 Å². The number of carbonyl (C=O) groups is 3. The van der Waals surface area contributed by atoms with Crippen molar-refractivity contribution in [1.29, 1.82) is 0 Å². The van der Waals surface area contributed by atoms with Crippen molar-refractivity contribution in [2.45, 2.75) is 46.8 Å². The number of ether oxygens (including phenoxy) is 2. The number of carbonyl (C=O) groups excluding carboxylic acids is 3. The molecule has 0 saturated heterocycles. The standard InChI is InChI=1S/C25H26N2O5S/c1-15-5-6-16(2)22(11-15)27-23(29)12-24-26-20(14-33-24)13-31-25(30)18(4)32-21-9-7-19(8-10-21)17(3)28/h5-11,14,18H,12-13H2,1-4H3,(H,27,29)/t18-/m0/s1. The molecule has 3 aromatic rings. The maximum Gasteiger partial charge on any atom is 0.347 e. The smallest absolute Gasteiger partial charge is 0.347 e. The minimum Gasteiger partial charge on any atom is -0.479 e. The summed E-state index contributed by atoms with van der Waals surface area (Å²) in [7, 11) is 0. The van der Waals surface area contributed by atoms with Crippen LogP contribution in [0.25, 0.3) is 0 Å². The van der Waals surface area contributed by atoms with Crippen molar-refractivity contribution in [1.82, 2.24) is 4.98 Å². The second-order valence-electron chi connectivity index (χ2n) is 7.72. The second-order valence-corrected chi connectivity index (χ2v) is 8.67. The Hall–Kier alpha value is -3.52. The van der Waals surface area contributed by atoms with E-state index in [0.29, 0.717) is 22.0 Å². The van der Waals surface area contributed by atoms with Crippen molar-refractivity contribution in [3.8, 4) is 5.75 Å². The lowest BCUT2D eigenvalue weighted by Gasteiger charge is -2.13. The summed E-state index contributed by atoms with van der Waals surface area (Å²) in [5.41, 5.74) is 3.99. The third kappa shape index (κ3) is 6.98. The summed E-state index contributed by atoms with van der Waals surface area (Å²) in [6.07, 6.45) is -0.684. The molecule has 1 N–H and O–H groups in total. The van der Waals surface area contributed by atoms with Crippen LogP contribution in [-0.2, 0) is 27.4 Å². The number of Topliss-reactive ketones (excluding diaryl/α,β-unsaturated/α-hetero) is 1. The number of amides is 1. The Bertz CT molecular complexity index is 1150. The van der Waals surface area contributed by atoms with Crippen molar-refractivity contribution in [3.63, 3.8) is 0 Å². The predicted molar refractivity (Wildman–Crippen MR) is 127 cm³/mol. The van der Waals surface area contributed by atoms with E-state index in [1.165, 1.54) is 18.3 Å². The van der Waals surface area contributed by atoms with Gasteiger partial charge in [0.25, 0.3) is 0 Å². The topological polar surface area (TPSA) is 94.6 Å². The van der Waals surface area contributed by atoms with Crippen LogP contribution in [0.1, 0.15) is 46.0 Å². The molecule has 3 rings (SSSR count). The summed E-state index contributed by atoms with van der Waals surface area (Å²) in [5.74, 6) is -0.262. The maximum absolute atomic E-state index is 12.4. The predicted octanol–water partition coefficient (Wildman–Crippen LogP) is 4.65. The summed E-state index contributed by atoms with van der Waals surface area (Å²) in [6.45, 7) is 6.98. The van der Waals surface area contributed by atoms with Gasteiger partial charge in [-0.25, -0.2) is 9.78 Å². The summed E-state index contributed by atoms with van der Waals surface area (Å²) in [4.78, 5) is 40.3. The second kappa shape index (κ2) is 10.9. The number of aromatic nitrogens is 1. The lowest BCUT2D eigenvalue weighted by molar-refractivity contribution is -0.152. The van der Waals surface area contributed by atoms with E-state index >= 15 is 0 Å². The maximum atomic E-state index is 12.4. The van der Waals surface area contributed by atoms with Crippen LogP contribution in [0.4, 0.5) is 5.69 Å². The van der Waals surface area contributed by atoms with Crippen LogP contribution in [0, 0.1) is 13.8 Å². The molecule has 0 fully saturated rings. The van der Waals surface area contributed by atoms with Gasteiger partial charge in [-0.05, 0) is 69.2 Å². The first-order valence-corrected chi connectivity index (χ1v) is 11.3. The van der Waals surface area contributed by atoms with Crippen molar-refractivity contribution in [3.05, 3.63) is 75.2 Å². The molecule has 0 aliphatic heterocycles. The van der Waals surface area contributed by atoms with E-state index in [-0.39, 0.29) is 24.7 Å². The number of ketones is 1. The number of benzene rings is 2. The van der Waals surface area contributed by atoms with Crippen LogP contribution in [0.5, 0.6) is 5.75 Å². The number of esters is 1. The number of hydrogen-bond donors (Lipinski definition) is 1. The fraction of sp³-hybridized carbons (Fsp3) is 0.280. The van der Waals surface area contributed by atoms with Crippen molar-refractivity contribution in [2.75, 3.05) is 5.32 Å². The van der Waals surface area contributed by atoms with E-state index < -0.39 is 12.1 Å². The summed E-state index contributed by atoms with van der Waals surface area (Å²) in [5, 5.41) is 5.32. The van der Waals surface area contributed by atoms with E-state index in [1.807, 2.05) is 32.0 Å². The van der Waals surface area contributed by atoms with Crippen molar-refractivity contribution < 1.29 is 23.9 Å². The van der Waals surface area contributed by atoms with E-state index in [9.17, 15) is 14.4 Å². The number of nitrogens with one attached hydrogen (secondary N) is 1. The molecule has 0 bridgehead atoms. The minimum atomic E-state index is -0.824. The molecule has 0 spiro atoms. The summed E-state index contributed by atoms with van der Waals surface area (Å²) in [6, 6.07) is 12.4. The van der Waals surface area contributed by atoms with Gasteiger partial charge in [-0.3, -0.25) is 9.59 Å². The van der Waals surface area contributed by atoms with E-state index in [2.05, 4.69) is 10.3 Å². The first-order chi connectivity index (χ1) is 15.7. The molecule has 1 aromatic heterocycles. The molecular formula is C25H26N2O5S. The van der Waals surface area contributed by atoms with Gasteiger partial charge in [0.1, 0.15) is 17.4 Å². The normalized spacial score (nSPS) is 11.5. The first kappa shape index (κ1) is 24.1. The number of thiazole rings is 1. The molecule has 0 saturated carbocycles.